The molecule has 1 aromatic heterocycles. The second-order valence-corrected chi connectivity index (χ2v) is 10.3. The van der Waals surface area contributed by atoms with Crippen molar-refractivity contribution < 1.29 is 18.8 Å². The van der Waals surface area contributed by atoms with Crippen molar-refractivity contribution in [2.24, 2.45) is 0 Å². The molecule has 3 heterocycles. The summed E-state index contributed by atoms with van der Waals surface area (Å²) in [7, 11) is 2.04. The molecule has 0 spiro atoms. The molecule has 3 fully saturated rings. The van der Waals surface area contributed by atoms with E-state index in [1.54, 1.807) is 18.0 Å². The second kappa shape index (κ2) is 9.39. The molecule has 1 saturated carbocycles. The van der Waals surface area contributed by atoms with Crippen molar-refractivity contribution in [2.45, 2.75) is 82.3 Å². The van der Waals surface area contributed by atoms with Crippen LogP contribution in [0.5, 0.6) is 0 Å². The van der Waals surface area contributed by atoms with Crippen LogP contribution >= 0.6 is 11.9 Å². The first kappa shape index (κ1) is 23.0. The maximum absolute atomic E-state index is 13.1. The third kappa shape index (κ3) is 5.11. The Bertz CT molecular complexity index is 752. The Labute approximate surface area is 189 Å². The predicted molar refractivity (Wildman–Crippen MR) is 121 cm³/mol. The van der Waals surface area contributed by atoms with Gasteiger partial charge < -0.3 is 14.0 Å². The molecule has 3 aliphatic rings. The molecule has 1 N–H and O–H groups in total. The van der Waals surface area contributed by atoms with E-state index in [-0.39, 0.29) is 12.2 Å². The summed E-state index contributed by atoms with van der Waals surface area (Å²) in [5.74, 6) is 0.282. The molecule has 1 aromatic rings. The molecular formula is C22H36N4O4S. The molecule has 8 nitrogen and oxygen atoms in total. The lowest BCUT2D eigenvalue weighted by Crippen LogP contribution is -2.56. The predicted octanol–water partition coefficient (Wildman–Crippen LogP) is 3.60. The molecule has 9 heteroatoms. The quantitative estimate of drug-likeness (QED) is 0.600. The van der Waals surface area contributed by atoms with E-state index in [1.165, 1.54) is 0 Å². The van der Waals surface area contributed by atoms with E-state index in [0.29, 0.717) is 11.9 Å². The van der Waals surface area contributed by atoms with Gasteiger partial charge in [0.1, 0.15) is 11.3 Å². The van der Waals surface area contributed by atoms with Crippen LogP contribution in [0.1, 0.15) is 64.5 Å². The van der Waals surface area contributed by atoms with E-state index in [4.69, 9.17) is 14.0 Å². The zero-order valence-electron chi connectivity index (χ0n) is 19.2. The van der Waals surface area contributed by atoms with E-state index < -0.39 is 11.1 Å². The average Bonchev–Trinajstić information content (AvgIpc) is 3.41. The van der Waals surface area contributed by atoms with E-state index in [2.05, 4.69) is 25.9 Å². The molecule has 31 heavy (non-hydrogen) atoms. The van der Waals surface area contributed by atoms with Crippen LogP contribution in [0.15, 0.2) is 10.6 Å². The van der Waals surface area contributed by atoms with Gasteiger partial charge in [-0.2, -0.15) is 0 Å². The summed E-state index contributed by atoms with van der Waals surface area (Å²) < 4.78 is 19.8. The van der Waals surface area contributed by atoms with Gasteiger partial charge in [-0.1, -0.05) is 17.1 Å². The number of nitrogens with one attached hydrogen (secondary N) is 1. The number of carbonyl (C=O) groups is 1. The molecule has 4 rings (SSSR count). The average molecular weight is 453 g/mol. The molecule has 0 radical (unpaired) electrons. The van der Waals surface area contributed by atoms with Gasteiger partial charge in [0.05, 0.1) is 5.54 Å². The van der Waals surface area contributed by atoms with Gasteiger partial charge in [0.15, 0.2) is 6.29 Å². The number of carbonyl (C=O) groups excluding carboxylic acids is 1. The minimum Gasteiger partial charge on any atom is -0.353 e. The van der Waals surface area contributed by atoms with E-state index in [1.807, 2.05) is 20.9 Å². The van der Waals surface area contributed by atoms with Crippen molar-refractivity contribution in [3.05, 3.63) is 11.8 Å². The first-order chi connectivity index (χ1) is 14.8. The van der Waals surface area contributed by atoms with E-state index in [0.717, 1.165) is 70.3 Å². The Morgan fingerprint density at radius 1 is 1.32 bits per heavy atom. The Kier molecular flexibility index (Phi) is 6.98. The van der Waals surface area contributed by atoms with Crippen LogP contribution < -0.4 is 5.32 Å². The number of likely N-dealkylation sites (N-methyl/N-ethyl adjacent to an activating group) is 1. The number of ether oxygens (including phenoxy) is 2. The largest absolute Gasteiger partial charge is 0.353 e. The lowest BCUT2D eigenvalue weighted by atomic mass is 9.95. The number of anilines is 1. The Morgan fingerprint density at radius 3 is 2.68 bits per heavy atom. The van der Waals surface area contributed by atoms with Crippen LogP contribution in [-0.2, 0) is 19.9 Å². The molecule has 1 amide bonds. The Morgan fingerprint density at radius 2 is 2.06 bits per heavy atom. The number of nitrogens with zero attached hydrogens (tertiary/aromatic N) is 3. The molecule has 0 aromatic carbocycles. The highest BCUT2D eigenvalue weighted by molar-refractivity contribution is 7.96. The van der Waals surface area contributed by atoms with Gasteiger partial charge in [-0.25, -0.2) is 0 Å². The summed E-state index contributed by atoms with van der Waals surface area (Å²) in [5.41, 5.74) is -0.345. The summed E-state index contributed by atoms with van der Waals surface area (Å²) in [5, 5.41) is 7.15. The van der Waals surface area contributed by atoms with Crippen LogP contribution in [0, 0.1) is 0 Å². The molecule has 174 valence electrons. The monoisotopic (exact) mass is 452 g/mol. The first-order valence-corrected chi connectivity index (χ1v) is 12.6. The highest BCUT2D eigenvalue weighted by Crippen LogP contribution is 2.50. The summed E-state index contributed by atoms with van der Waals surface area (Å²) in [6.45, 7) is 6.77. The van der Waals surface area contributed by atoms with Gasteiger partial charge in [-0.3, -0.25) is 19.3 Å². The zero-order valence-corrected chi connectivity index (χ0v) is 20.0. The maximum Gasteiger partial charge on any atom is 0.246 e. The number of hydrogen-bond donors (Lipinski definition) is 1. The summed E-state index contributed by atoms with van der Waals surface area (Å²) in [6, 6.07) is 2.19. The fourth-order valence-electron chi connectivity index (χ4n) is 4.45. The van der Waals surface area contributed by atoms with Crippen molar-refractivity contribution in [2.75, 3.05) is 38.3 Å². The number of piperidine rings is 1. The molecule has 0 bridgehead atoms. The van der Waals surface area contributed by atoms with Gasteiger partial charge in [0.25, 0.3) is 0 Å². The SMILES string of the molecule is CSN1CCC(N(C)C(C)(C)C(=O)Nc2cc(C3(OC4CCCCO4)CC3)no2)CC1. The van der Waals surface area contributed by atoms with Crippen LogP contribution in [0.4, 0.5) is 5.88 Å². The molecule has 1 atom stereocenters. The number of hydrogen-bond acceptors (Lipinski definition) is 8. The maximum atomic E-state index is 13.1. The Balaban J connectivity index is 1.34. The summed E-state index contributed by atoms with van der Waals surface area (Å²) in [6.07, 6.45) is 8.99. The van der Waals surface area contributed by atoms with Crippen LogP contribution in [0.2, 0.25) is 0 Å². The third-order valence-corrected chi connectivity index (χ3v) is 7.96. The number of amides is 1. The number of aromatic nitrogens is 1. The van der Waals surface area contributed by atoms with Crippen molar-refractivity contribution in [3.8, 4) is 0 Å². The van der Waals surface area contributed by atoms with E-state index >= 15 is 0 Å². The smallest absolute Gasteiger partial charge is 0.246 e. The topological polar surface area (TPSA) is 80.1 Å². The second-order valence-electron chi connectivity index (χ2n) is 9.45. The first-order valence-electron chi connectivity index (χ1n) is 11.4. The zero-order chi connectivity index (χ0) is 22.1. The standard InChI is InChI=1S/C22H36N4O4S/c1-21(2,25(3)16-8-12-26(31-4)13-9-16)20(27)23-18-15-17(24-30-18)22(10-11-22)29-19-7-5-6-14-28-19/h15-16,19H,5-14H2,1-4H3,(H,23,27). The lowest BCUT2D eigenvalue weighted by molar-refractivity contribution is -0.201. The minimum atomic E-state index is -0.664. The van der Waals surface area contributed by atoms with Gasteiger partial charge >= 0.3 is 0 Å². The third-order valence-electron chi connectivity index (χ3n) is 7.08. The lowest BCUT2D eigenvalue weighted by Gasteiger charge is -2.43. The van der Waals surface area contributed by atoms with E-state index in [9.17, 15) is 4.79 Å². The summed E-state index contributed by atoms with van der Waals surface area (Å²) in [4.78, 5) is 15.3. The number of rotatable bonds is 8. The normalized spacial score (nSPS) is 25.0. The van der Waals surface area contributed by atoms with Gasteiger partial charge in [0.2, 0.25) is 11.8 Å². The van der Waals surface area contributed by atoms with Crippen molar-refractivity contribution >= 4 is 23.7 Å². The van der Waals surface area contributed by atoms with Gasteiger partial charge in [-0.05, 0) is 72.1 Å². The molecule has 1 aliphatic carbocycles. The Hall–Kier alpha value is -1.13. The highest BCUT2D eigenvalue weighted by atomic mass is 32.2. The fourth-order valence-corrected chi connectivity index (χ4v) is 5.02. The van der Waals surface area contributed by atoms with Crippen LogP contribution in [0.3, 0.4) is 0 Å². The van der Waals surface area contributed by atoms with Gasteiger partial charge in [-0.15, -0.1) is 0 Å². The summed E-state index contributed by atoms with van der Waals surface area (Å²) >= 11 is 1.79. The minimum absolute atomic E-state index is 0.0913. The van der Waals surface area contributed by atoms with Crippen molar-refractivity contribution in [1.29, 1.82) is 0 Å². The van der Waals surface area contributed by atoms with Crippen molar-refractivity contribution in [1.82, 2.24) is 14.4 Å². The van der Waals surface area contributed by atoms with Crippen LogP contribution in [0.25, 0.3) is 0 Å². The van der Waals surface area contributed by atoms with Gasteiger partial charge in [0, 0.05) is 31.8 Å². The fraction of sp³-hybridized carbons (Fsp3) is 0.818. The van der Waals surface area contributed by atoms with Crippen molar-refractivity contribution in [3.63, 3.8) is 0 Å². The molecule has 1 unspecified atom stereocenters. The molecular weight excluding hydrogens is 416 g/mol. The van der Waals surface area contributed by atoms with Crippen LogP contribution in [-0.4, -0.2) is 71.1 Å². The molecule has 2 saturated heterocycles. The molecule has 2 aliphatic heterocycles. The highest BCUT2D eigenvalue weighted by Gasteiger charge is 2.50.